The molecule has 25 heavy (non-hydrogen) atoms. The van der Waals surface area contributed by atoms with E-state index in [1.165, 1.54) is 0 Å². The van der Waals surface area contributed by atoms with Gasteiger partial charge in [0.1, 0.15) is 17.0 Å². The second-order valence-corrected chi connectivity index (χ2v) is 7.30. The number of phenols is 1. The summed E-state index contributed by atoms with van der Waals surface area (Å²) < 4.78 is 5.42. The number of ether oxygens (including phenoxy) is 1. The number of hydrogen-bond donors (Lipinski definition) is 1. The standard InChI is InChI=1S/C18H24N4O3/c1-18(2,3)25-17(24)21-10-8-14(9-11-21)22-19-12-16(20-22)13-4-6-15(23)7-5-13/h4-7,12,14,23H,8-11H2,1-3H3. The number of phenolic OH excluding ortho intramolecular Hbond substituents is 1. The van der Waals surface area contributed by atoms with Gasteiger partial charge >= 0.3 is 6.09 Å². The lowest BCUT2D eigenvalue weighted by Crippen LogP contribution is -2.42. The normalized spacial score (nSPS) is 16.0. The molecule has 1 fully saturated rings. The van der Waals surface area contributed by atoms with E-state index in [1.54, 1.807) is 28.0 Å². The van der Waals surface area contributed by atoms with E-state index in [9.17, 15) is 9.90 Å². The lowest BCUT2D eigenvalue weighted by atomic mass is 10.1. The summed E-state index contributed by atoms with van der Waals surface area (Å²) in [6, 6.07) is 7.06. The Hall–Kier alpha value is -2.57. The molecule has 3 rings (SSSR count). The van der Waals surface area contributed by atoms with E-state index in [4.69, 9.17) is 4.74 Å². The van der Waals surface area contributed by atoms with Crippen LogP contribution in [0.3, 0.4) is 0 Å². The minimum atomic E-state index is -0.476. The van der Waals surface area contributed by atoms with Gasteiger partial charge in [-0.05, 0) is 57.9 Å². The molecule has 0 radical (unpaired) electrons. The lowest BCUT2D eigenvalue weighted by Gasteiger charge is -2.32. The van der Waals surface area contributed by atoms with E-state index < -0.39 is 5.60 Å². The number of hydrogen-bond acceptors (Lipinski definition) is 5. The molecule has 0 aliphatic carbocycles. The Morgan fingerprint density at radius 1 is 1.20 bits per heavy atom. The number of piperidine rings is 1. The minimum absolute atomic E-state index is 0.171. The molecule has 1 aliphatic rings. The van der Waals surface area contributed by atoms with Gasteiger partial charge in [0.05, 0.1) is 12.2 Å². The first kappa shape index (κ1) is 17.3. The highest BCUT2D eigenvalue weighted by molar-refractivity contribution is 5.68. The van der Waals surface area contributed by atoms with Crippen LogP contribution in [-0.4, -0.2) is 49.8 Å². The van der Waals surface area contributed by atoms with Crippen LogP contribution in [0, 0.1) is 0 Å². The second kappa shape index (κ2) is 6.74. The molecule has 0 atom stereocenters. The van der Waals surface area contributed by atoms with Gasteiger partial charge in [-0.3, -0.25) is 0 Å². The van der Waals surface area contributed by atoms with Crippen molar-refractivity contribution in [3.63, 3.8) is 0 Å². The number of aromatic hydroxyl groups is 1. The van der Waals surface area contributed by atoms with Crippen LogP contribution in [-0.2, 0) is 4.74 Å². The molecular weight excluding hydrogens is 320 g/mol. The maximum absolute atomic E-state index is 12.1. The molecule has 2 aromatic rings. The first-order chi connectivity index (χ1) is 11.8. The molecule has 0 bridgehead atoms. The number of carbonyl (C=O) groups excluding carboxylic acids is 1. The summed E-state index contributed by atoms with van der Waals surface area (Å²) in [4.78, 5) is 15.6. The van der Waals surface area contributed by atoms with Crippen LogP contribution < -0.4 is 0 Å². The lowest BCUT2D eigenvalue weighted by molar-refractivity contribution is 0.0180. The van der Waals surface area contributed by atoms with Gasteiger partial charge < -0.3 is 14.7 Å². The average Bonchev–Trinajstić information content (AvgIpc) is 3.04. The number of amides is 1. The molecule has 7 heteroatoms. The molecule has 1 amide bonds. The maximum atomic E-state index is 12.1. The molecule has 0 saturated carbocycles. The summed E-state index contributed by atoms with van der Waals surface area (Å²) in [5.74, 6) is 0.227. The number of rotatable bonds is 2. The van der Waals surface area contributed by atoms with Gasteiger partial charge in [0.15, 0.2) is 0 Å². The van der Waals surface area contributed by atoms with Crippen molar-refractivity contribution in [1.29, 1.82) is 0 Å². The summed E-state index contributed by atoms with van der Waals surface area (Å²) in [7, 11) is 0. The van der Waals surface area contributed by atoms with E-state index in [2.05, 4.69) is 10.2 Å². The fraction of sp³-hybridized carbons (Fsp3) is 0.500. The monoisotopic (exact) mass is 344 g/mol. The zero-order valence-electron chi connectivity index (χ0n) is 14.8. The van der Waals surface area contributed by atoms with E-state index in [0.29, 0.717) is 13.1 Å². The molecule has 2 heterocycles. The van der Waals surface area contributed by atoms with Crippen LogP contribution in [0.25, 0.3) is 11.3 Å². The van der Waals surface area contributed by atoms with Crippen molar-refractivity contribution < 1.29 is 14.6 Å². The Bertz CT molecular complexity index is 726. The Kier molecular flexibility index (Phi) is 4.65. The van der Waals surface area contributed by atoms with Crippen molar-refractivity contribution in [2.75, 3.05) is 13.1 Å². The molecule has 1 saturated heterocycles. The highest BCUT2D eigenvalue weighted by atomic mass is 16.6. The zero-order chi connectivity index (χ0) is 18.0. The third-order valence-corrected chi connectivity index (χ3v) is 4.11. The number of carbonyl (C=O) groups is 1. The van der Waals surface area contributed by atoms with E-state index in [0.717, 1.165) is 24.1 Å². The summed E-state index contributed by atoms with van der Waals surface area (Å²) in [5.41, 5.74) is 1.21. The summed E-state index contributed by atoms with van der Waals surface area (Å²) in [5, 5.41) is 18.3. The maximum Gasteiger partial charge on any atom is 0.410 e. The van der Waals surface area contributed by atoms with Gasteiger partial charge in [-0.2, -0.15) is 15.0 Å². The van der Waals surface area contributed by atoms with Gasteiger partial charge in [-0.15, -0.1) is 0 Å². The Labute approximate surface area is 147 Å². The fourth-order valence-corrected chi connectivity index (χ4v) is 2.82. The summed E-state index contributed by atoms with van der Waals surface area (Å²) >= 11 is 0. The first-order valence-corrected chi connectivity index (χ1v) is 8.51. The van der Waals surface area contributed by atoms with Crippen molar-refractivity contribution in [3.05, 3.63) is 30.5 Å². The van der Waals surface area contributed by atoms with E-state index >= 15 is 0 Å². The molecule has 7 nitrogen and oxygen atoms in total. The number of benzene rings is 1. The minimum Gasteiger partial charge on any atom is -0.508 e. The Morgan fingerprint density at radius 3 is 2.44 bits per heavy atom. The van der Waals surface area contributed by atoms with Crippen molar-refractivity contribution in [2.45, 2.75) is 45.3 Å². The van der Waals surface area contributed by atoms with Gasteiger partial charge in [-0.1, -0.05) is 0 Å². The van der Waals surface area contributed by atoms with Crippen LogP contribution in [0.15, 0.2) is 30.5 Å². The largest absolute Gasteiger partial charge is 0.508 e. The highest BCUT2D eigenvalue weighted by Crippen LogP contribution is 2.25. The first-order valence-electron chi connectivity index (χ1n) is 8.51. The van der Waals surface area contributed by atoms with Gasteiger partial charge in [0, 0.05) is 18.7 Å². The van der Waals surface area contributed by atoms with Crippen molar-refractivity contribution >= 4 is 6.09 Å². The second-order valence-electron chi connectivity index (χ2n) is 7.30. The van der Waals surface area contributed by atoms with Gasteiger partial charge in [0.2, 0.25) is 0 Å². The number of nitrogens with zero attached hydrogens (tertiary/aromatic N) is 4. The van der Waals surface area contributed by atoms with Crippen molar-refractivity contribution in [1.82, 2.24) is 19.9 Å². The predicted octanol–water partition coefficient (Wildman–Crippen LogP) is 3.22. The molecule has 1 aromatic carbocycles. The van der Waals surface area contributed by atoms with Crippen LogP contribution in [0.5, 0.6) is 5.75 Å². The van der Waals surface area contributed by atoms with Crippen LogP contribution in [0.2, 0.25) is 0 Å². The molecule has 134 valence electrons. The quantitative estimate of drug-likeness (QED) is 0.905. The summed E-state index contributed by atoms with van der Waals surface area (Å²) in [6.07, 6.45) is 3.06. The topological polar surface area (TPSA) is 80.5 Å². The third kappa shape index (κ3) is 4.29. The van der Waals surface area contributed by atoms with Gasteiger partial charge in [-0.25, -0.2) is 4.79 Å². The number of likely N-dealkylation sites (tertiary alicyclic amines) is 1. The summed E-state index contributed by atoms with van der Waals surface area (Å²) in [6.45, 7) is 6.88. The molecule has 1 aliphatic heterocycles. The van der Waals surface area contributed by atoms with Gasteiger partial charge in [0.25, 0.3) is 0 Å². The molecule has 0 unspecified atom stereocenters. The zero-order valence-corrected chi connectivity index (χ0v) is 14.8. The fourth-order valence-electron chi connectivity index (χ4n) is 2.82. The van der Waals surface area contributed by atoms with E-state index in [1.807, 2.05) is 32.9 Å². The van der Waals surface area contributed by atoms with Crippen LogP contribution in [0.1, 0.15) is 39.7 Å². The SMILES string of the molecule is CC(C)(C)OC(=O)N1CCC(n2ncc(-c3ccc(O)cc3)n2)CC1. The van der Waals surface area contributed by atoms with Crippen molar-refractivity contribution in [2.24, 2.45) is 0 Å². The predicted molar refractivity (Wildman–Crippen MR) is 93.2 cm³/mol. The molecular formula is C18H24N4O3. The number of aromatic nitrogens is 3. The van der Waals surface area contributed by atoms with E-state index in [-0.39, 0.29) is 17.9 Å². The molecule has 1 aromatic heterocycles. The van der Waals surface area contributed by atoms with Crippen LogP contribution in [0.4, 0.5) is 4.79 Å². The van der Waals surface area contributed by atoms with Crippen molar-refractivity contribution in [3.8, 4) is 17.0 Å². The third-order valence-electron chi connectivity index (χ3n) is 4.11. The average molecular weight is 344 g/mol. The smallest absolute Gasteiger partial charge is 0.410 e. The molecule has 1 N–H and O–H groups in total. The highest BCUT2D eigenvalue weighted by Gasteiger charge is 2.28. The Balaban J connectivity index is 1.60. The van der Waals surface area contributed by atoms with Crippen LogP contribution >= 0.6 is 0 Å². The molecule has 0 spiro atoms. The Morgan fingerprint density at radius 2 is 1.84 bits per heavy atom.